The van der Waals surface area contributed by atoms with E-state index in [-0.39, 0.29) is 17.9 Å². The van der Waals surface area contributed by atoms with Crippen LogP contribution in [-0.2, 0) is 9.53 Å². The summed E-state index contributed by atoms with van der Waals surface area (Å²) >= 11 is 0. The van der Waals surface area contributed by atoms with E-state index in [0.29, 0.717) is 12.0 Å². The summed E-state index contributed by atoms with van der Waals surface area (Å²) in [6.07, 6.45) is 3.14. The van der Waals surface area contributed by atoms with Crippen molar-refractivity contribution < 1.29 is 14.3 Å². The molecule has 0 radical (unpaired) electrons. The summed E-state index contributed by atoms with van der Waals surface area (Å²) in [5.41, 5.74) is 0.371. The van der Waals surface area contributed by atoms with Gasteiger partial charge in [0.15, 0.2) is 6.29 Å². The molecule has 0 saturated carbocycles. The highest BCUT2D eigenvalue weighted by atomic mass is 16.5. The molecule has 0 fully saturated rings. The fraction of sp³-hybridized carbons (Fsp3) is 0.545. The summed E-state index contributed by atoms with van der Waals surface area (Å²) in [5, 5.41) is 4.08. The zero-order valence-corrected chi connectivity index (χ0v) is 9.71. The predicted octanol–water partition coefficient (Wildman–Crippen LogP) is 1.46. The van der Waals surface area contributed by atoms with Crippen LogP contribution in [0.1, 0.15) is 36.8 Å². The van der Waals surface area contributed by atoms with Gasteiger partial charge < -0.3 is 4.74 Å². The number of carbonyl (C=O) groups excluding carboxylic acids is 2. The molecule has 88 valence electrons. The van der Waals surface area contributed by atoms with Crippen LogP contribution in [0.2, 0.25) is 0 Å². The van der Waals surface area contributed by atoms with Crippen LogP contribution >= 0.6 is 0 Å². The monoisotopic (exact) mass is 224 g/mol. The van der Waals surface area contributed by atoms with Gasteiger partial charge in [0, 0.05) is 6.20 Å². The summed E-state index contributed by atoms with van der Waals surface area (Å²) in [7, 11) is 1.37. The molecule has 0 aromatic carbocycles. The van der Waals surface area contributed by atoms with E-state index in [9.17, 15) is 9.59 Å². The van der Waals surface area contributed by atoms with Gasteiger partial charge in [-0.3, -0.25) is 14.3 Å². The maximum Gasteiger partial charge on any atom is 0.310 e. The number of aldehydes is 1. The molecule has 1 aromatic rings. The molecule has 0 aliphatic carbocycles. The minimum absolute atomic E-state index is 0.0823. The minimum atomic E-state index is -0.283. The zero-order valence-electron chi connectivity index (χ0n) is 9.71. The lowest BCUT2D eigenvalue weighted by atomic mass is 10.0. The number of carbonyl (C=O) groups is 2. The van der Waals surface area contributed by atoms with Gasteiger partial charge in [0.25, 0.3) is 0 Å². The lowest BCUT2D eigenvalue weighted by Crippen LogP contribution is -2.25. The van der Waals surface area contributed by atoms with E-state index < -0.39 is 0 Å². The molecule has 16 heavy (non-hydrogen) atoms. The Morgan fingerprint density at radius 1 is 1.69 bits per heavy atom. The van der Waals surface area contributed by atoms with Gasteiger partial charge in [-0.05, 0) is 19.4 Å². The molecule has 1 rings (SSSR count). The highest BCUT2D eigenvalue weighted by Crippen LogP contribution is 2.22. The minimum Gasteiger partial charge on any atom is -0.469 e. The third-order valence-corrected chi connectivity index (χ3v) is 2.66. The largest absolute Gasteiger partial charge is 0.469 e. The number of ether oxygens (including phenoxy) is 1. The Labute approximate surface area is 94.4 Å². The van der Waals surface area contributed by atoms with Gasteiger partial charge in [-0.25, -0.2) is 0 Å². The summed E-state index contributed by atoms with van der Waals surface area (Å²) in [4.78, 5) is 22.0. The van der Waals surface area contributed by atoms with Crippen molar-refractivity contribution >= 4 is 12.3 Å². The van der Waals surface area contributed by atoms with Crippen LogP contribution in [0.25, 0.3) is 0 Å². The molecule has 0 saturated heterocycles. The van der Waals surface area contributed by atoms with E-state index in [2.05, 4.69) is 5.10 Å². The fourth-order valence-corrected chi connectivity index (χ4v) is 1.71. The quantitative estimate of drug-likeness (QED) is 0.561. The molecule has 0 aliphatic heterocycles. The smallest absolute Gasteiger partial charge is 0.310 e. The van der Waals surface area contributed by atoms with Gasteiger partial charge in [-0.1, -0.05) is 6.92 Å². The lowest BCUT2D eigenvalue weighted by molar-refractivity contribution is -0.146. The molecular formula is C11H16N2O3. The maximum atomic E-state index is 11.4. The number of rotatable bonds is 5. The third-order valence-electron chi connectivity index (χ3n) is 2.66. The van der Waals surface area contributed by atoms with Gasteiger partial charge in [-0.15, -0.1) is 0 Å². The van der Waals surface area contributed by atoms with E-state index in [1.165, 1.54) is 7.11 Å². The Morgan fingerprint density at radius 2 is 2.38 bits per heavy atom. The first-order chi connectivity index (χ1) is 7.63. The average Bonchev–Trinajstić information content (AvgIpc) is 2.77. The Kier molecular flexibility index (Phi) is 4.22. The highest BCUT2D eigenvalue weighted by molar-refractivity contribution is 5.72. The van der Waals surface area contributed by atoms with Crippen LogP contribution in [-0.4, -0.2) is 29.1 Å². The molecule has 2 atom stereocenters. The summed E-state index contributed by atoms with van der Waals surface area (Å²) in [6, 6.07) is 1.54. The Balaban J connectivity index is 2.88. The topological polar surface area (TPSA) is 61.2 Å². The standard InChI is InChI=1S/C11H16N2O3/c1-4-10(8(2)11(15)16-3)13-6-5-9(7-14)12-13/h5-8,10H,4H2,1-3H3. The van der Waals surface area contributed by atoms with Crippen LogP contribution in [0.15, 0.2) is 12.3 Å². The van der Waals surface area contributed by atoms with Crippen molar-refractivity contribution in [2.24, 2.45) is 5.92 Å². The normalized spacial score (nSPS) is 14.2. The van der Waals surface area contributed by atoms with Crippen molar-refractivity contribution in [1.82, 2.24) is 9.78 Å². The van der Waals surface area contributed by atoms with Crippen molar-refractivity contribution in [1.29, 1.82) is 0 Å². The van der Waals surface area contributed by atoms with Crippen LogP contribution in [0.4, 0.5) is 0 Å². The number of methoxy groups -OCH3 is 1. The zero-order chi connectivity index (χ0) is 12.1. The average molecular weight is 224 g/mol. The molecule has 2 unspecified atom stereocenters. The van der Waals surface area contributed by atoms with Crippen molar-refractivity contribution in [3.63, 3.8) is 0 Å². The van der Waals surface area contributed by atoms with Crippen molar-refractivity contribution in [3.8, 4) is 0 Å². The molecule has 1 heterocycles. The van der Waals surface area contributed by atoms with Crippen molar-refractivity contribution in [3.05, 3.63) is 18.0 Å². The van der Waals surface area contributed by atoms with E-state index in [1.54, 1.807) is 23.9 Å². The Hall–Kier alpha value is -1.65. The van der Waals surface area contributed by atoms with Gasteiger partial charge in [-0.2, -0.15) is 5.10 Å². The maximum absolute atomic E-state index is 11.4. The van der Waals surface area contributed by atoms with Crippen LogP contribution in [0.5, 0.6) is 0 Å². The number of esters is 1. The van der Waals surface area contributed by atoms with Gasteiger partial charge in [0.05, 0.1) is 19.1 Å². The molecule has 0 aliphatic rings. The van der Waals surface area contributed by atoms with Crippen LogP contribution < -0.4 is 0 Å². The van der Waals surface area contributed by atoms with Crippen molar-refractivity contribution in [2.45, 2.75) is 26.3 Å². The molecule has 0 bridgehead atoms. The third kappa shape index (κ3) is 2.48. The number of hydrogen-bond donors (Lipinski definition) is 0. The number of hydrogen-bond acceptors (Lipinski definition) is 4. The molecule has 0 spiro atoms. The summed E-state index contributed by atoms with van der Waals surface area (Å²) in [6.45, 7) is 3.76. The van der Waals surface area contributed by atoms with Crippen LogP contribution in [0, 0.1) is 5.92 Å². The second kappa shape index (κ2) is 5.44. The molecule has 5 nitrogen and oxygen atoms in total. The number of aromatic nitrogens is 2. The number of nitrogens with zero attached hydrogens (tertiary/aromatic N) is 2. The van der Waals surface area contributed by atoms with Crippen LogP contribution in [0.3, 0.4) is 0 Å². The lowest BCUT2D eigenvalue weighted by Gasteiger charge is -2.20. The highest BCUT2D eigenvalue weighted by Gasteiger charge is 2.25. The van der Waals surface area contributed by atoms with E-state index >= 15 is 0 Å². The van der Waals surface area contributed by atoms with Gasteiger partial charge in [0.1, 0.15) is 5.69 Å². The Bertz CT molecular complexity index is 373. The van der Waals surface area contributed by atoms with E-state index in [1.807, 2.05) is 6.92 Å². The summed E-state index contributed by atoms with van der Waals surface area (Å²) in [5.74, 6) is -0.551. The van der Waals surface area contributed by atoms with E-state index in [0.717, 1.165) is 6.42 Å². The molecule has 0 N–H and O–H groups in total. The SMILES string of the molecule is CCC(C(C)C(=O)OC)n1ccc(C=O)n1. The summed E-state index contributed by atoms with van der Waals surface area (Å²) < 4.78 is 6.34. The predicted molar refractivity (Wildman–Crippen MR) is 58.1 cm³/mol. The first kappa shape index (κ1) is 12.4. The fourth-order valence-electron chi connectivity index (χ4n) is 1.71. The second-order valence-electron chi connectivity index (χ2n) is 3.63. The molecule has 0 amide bonds. The van der Waals surface area contributed by atoms with Gasteiger partial charge >= 0.3 is 5.97 Å². The van der Waals surface area contributed by atoms with Crippen molar-refractivity contribution in [2.75, 3.05) is 7.11 Å². The first-order valence-corrected chi connectivity index (χ1v) is 5.22. The van der Waals surface area contributed by atoms with E-state index in [4.69, 9.17) is 4.74 Å². The second-order valence-corrected chi connectivity index (χ2v) is 3.63. The molecular weight excluding hydrogens is 208 g/mol. The first-order valence-electron chi connectivity index (χ1n) is 5.22. The molecule has 5 heteroatoms. The van der Waals surface area contributed by atoms with Gasteiger partial charge in [0.2, 0.25) is 0 Å². The Morgan fingerprint density at radius 3 is 2.81 bits per heavy atom. The molecule has 1 aromatic heterocycles.